The van der Waals surface area contributed by atoms with Crippen molar-refractivity contribution in [1.82, 2.24) is 5.32 Å². The number of amides is 1. The molecule has 0 fully saturated rings. The van der Waals surface area contributed by atoms with Gasteiger partial charge in [0.1, 0.15) is 6.04 Å². The summed E-state index contributed by atoms with van der Waals surface area (Å²) in [4.78, 5) is 24.8. The van der Waals surface area contributed by atoms with Crippen molar-refractivity contribution in [1.29, 1.82) is 0 Å². The molecule has 35 heavy (non-hydrogen) atoms. The van der Waals surface area contributed by atoms with Gasteiger partial charge in [0.15, 0.2) is 0 Å². The Balaban J connectivity index is 0.00000432. The first-order chi connectivity index (χ1) is 16.4. The zero-order valence-corrected chi connectivity index (χ0v) is 20.8. The molecular weight excluding hydrogens is 477 g/mol. The molecule has 0 bridgehead atoms. The standard InChI is InChI=1S/C27H28ClNO4S.Li.H/c1-18-5-3-4-6-22(18)24-15-20(17-33-16-19-7-10-21(28)11-8-19)9-12-23(24)26(30)29-25(27(31)32)13-14-34-2;;/h3-12,15,25H,13-14,16-17H2,1-2H3,(H,29,30)(H,31,32);;/t25-;;/m0../s1. The summed E-state index contributed by atoms with van der Waals surface area (Å²) >= 11 is 7.48. The predicted octanol–water partition coefficient (Wildman–Crippen LogP) is 5.32. The molecule has 2 N–H and O–H groups in total. The third-order valence-corrected chi connectivity index (χ3v) is 6.32. The van der Waals surface area contributed by atoms with E-state index >= 15 is 0 Å². The van der Waals surface area contributed by atoms with Crippen molar-refractivity contribution in [2.24, 2.45) is 0 Å². The fourth-order valence-corrected chi connectivity index (χ4v) is 4.17. The molecule has 3 aromatic rings. The zero-order chi connectivity index (χ0) is 24.5. The van der Waals surface area contributed by atoms with E-state index in [0.29, 0.717) is 36.0 Å². The molecule has 3 aromatic carbocycles. The molecule has 0 saturated heterocycles. The van der Waals surface area contributed by atoms with E-state index in [1.807, 2.05) is 73.8 Å². The molecule has 5 nitrogen and oxygen atoms in total. The van der Waals surface area contributed by atoms with Gasteiger partial charge in [-0.1, -0.05) is 54.1 Å². The molecule has 0 saturated carbocycles. The molecule has 1 atom stereocenters. The monoisotopic (exact) mass is 505 g/mol. The van der Waals surface area contributed by atoms with Gasteiger partial charge < -0.3 is 15.2 Å². The third-order valence-electron chi connectivity index (χ3n) is 5.43. The fourth-order valence-electron chi connectivity index (χ4n) is 3.57. The number of aliphatic carboxylic acids is 1. The van der Waals surface area contributed by atoms with Crippen molar-refractivity contribution in [2.45, 2.75) is 32.6 Å². The summed E-state index contributed by atoms with van der Waals surface area (Å²) < 4.78 is 5.88. The number of carboxylic acid groups (broad SMARTS) is 1. The third kappa shape index (κ3) is 8.45. The van der Waals surface area contributed by atoms with Crippen LogP contribution in [0.1, 0.15) is 33.5 Å². The van der Waals surface area contributed by atoms with Crippen molar-refractivity contribution >= 4 is 54.1 Å². The molecule has 0 unspecified atom stereocenters. The van der Waals surface area contributed by atoms with Gasteiger partial charge >= 0.3 is 24.8 Å². The summed E-state index contributed by atoms with van der Waals surface area (Å²) in [6.07, 6.45) is 2.27. The topological polar surface area (TPSA) is 75.6 Å². The molecule has 1 amide bonds. The van der Waals surface area contributed by atoms with E-state index in [1.54, 1.807) is 17.8 Å². The Labute approximate surface area is 227 Å². The number of aryl methyl sites for hydroxylation is 1. The summed E-state index contributed by atoms with van der Waals surface area (Å²) in [6.45, 7) is 2.79. The fraction of sp³-hybridized carbons (Fsp3) is 0.259. The minimum atomic E-state index is -1.04. The first-order valence-corrected chi connectivity index (χ1v) is 12.7. The Bertz CT molecular complexity index is 1140. The number of carbonyl (C=O) groups excluding carboxylic acids is 1. The van der Waals surface area contributed by atoms with Crippen LogP contribution in [0.25, 0.3) is 11.1 Å². The number of rotatable bonds is 11. The first kappa shape index (κ1) is 29.0. The van der Waals surface area contributed by atoms with Gasteiger partial charge in [-0.05, 0) is 77.4 Å². The van der Waals surface area contributed by atoms with Crippen LogP contribution in [0.5, 0.6) is 0 Å². The predicted molar refractivity (Wildman–Crippen MR) is 146 cm³/mol. The first-order valence-electron chi connectivity index (χ1n) is 10.9. The Morgan fingerprint density at radius 3 is 2.31 bits per heavy atom. The van der Waals surface area contributed by atoms with Crippen LogP contribution in [0.4, 0.5) is 0 Å². The zero-order valence-electron chi connectivity index (χ0n) is 19.2. The number of ether oxygens (including phenoxy) is 1. The van der Waals surface area contributed by atoms with Crippen LogP contribution in [-0.4, -0.2) is 53.9 Å². The maximum absolute atomic E-state index is 13.1. The van der Waals surface area contributed by atoms with E-state index < -0.39 is 17.9 Å². The van der Waals surface area contributed by atoms with Gasteiger partial charge in [0.25, 0.3) is 5.91 Å². The Hall–Kier alpha value is -2.20. The Kier molecular flexibility index (Phi) is 11.9. The number of hydrogen-bond acceptors (Lipinski definition) is 4. The SMILES string of the molecule is CSCC[C@H](NC(=O)c1ccc(COCc2ccc(Cl)cc2)cc1-c1ccccc1C)C(=O)O.[LiH]. The van der Waals surface area contributed by atoms with Gasteiger partial charge in [-0.25, -0.2) is 4.79 Å². The van der Waals surface area contributed by atoms with Crippen molar-refractivity contribution in [3.8, 4) is 11.1 Å². The second-order valence-corrected chi connectivity index (χ2v) is 9.38. The average molecular weight is 506 g/mol. The molecule has 0 aliphatic carbocycles. The Morgan fingerprint density at radius 1 is 1.00 bits per heavy atom. The van der Waals surface area contributed by atoms with Gasteiger partial charge in [-0.2, -0.15) is 11.8 Å². The second-order valence-electron chi connectivity index (χ2n) is 7.96. The van der Waals surface area contributed by atoms with Crippen LogP contribution < -0.4 is 5.32 Å². The summed E-state index contributed by atoms with van der Waals surface area (Å²) in [5.41, 5.74) is 5.06. The van der Waals surface area contributed by atoms with Gasteiger partial charge in [-0.15, -0.1) is 0 Å². The summed E-state index contributed by atoms with van der Waals surface area (Å²) in [5, 5.41) is 12.9. The molecule has 0 aliphatic heterocycles. The molecule has 8 heteroatoms. The van der Waals surface area contributed by atoms with E-state index in [4.69, 9.17) is 16.3 Å². The maximum atomic E-state index is 13.1. The Morgan fingerprint density at radius 2 is 1.66 bits per heavy atom. The second kappa shape index (κ2) is 14.4. The molecule has 0 spiro atoms. The molecule has 0 heterocycles. The van der Waals surface area contributed by atoms with Crippen LogP contribution >= 0.6 is 23.4 Å². The van der Waals surface area contributed by atoms with Crippen molar-refractivity contribution in [3.05, 3.63) is 94.0 Å². The van der Waals surface area contributed by atoms with E-state index in [-0.39, 0.29) is 18.9 Å². The van der Waals surface area contributed by atoms with Crippen LogP contribution in [0.3, 0.4) is 0 Å². The molecular formula is C27H29ClLiNO4S. The number of halogens is 1. The van der Waals surface area contributed by atoms with Gasteiger partial charge in [0.05, 0.1) is 13.2 Å². The van der Waals surface area contributed by atoms with Crippen LogP contribution in [0.15, 0.2) is 66.7 Å². The number of hydrogen-bond donors (Lipinski definition) is 2. The van der Waals surface area contributed by atoms with E-state index in [9.17, 15) is 14.7 Å². The molecule has 3 rings (SSSR count). The van der Waals surface area contributed by atoms with Gasteiger partial charge in [0, 0.05) is 10.6 Å². The number of benzene rings is 3. The molecule has 0 aromatic heterocycles. The number of nitrogens with one attached hydrogen (secondary N) is 1. The van der Waals surface area contributed by atoms with Crippen molar-refractivity contribution in [2.75, 3.05) is 12.0 Å². The van der Waals surface area contributed by atoms with Crippen LogP contribution in [0.2, 0.25) is 5.02 Å². The van der Waals surface area contributed by atoms with Gasteiger partial charge in [-0.3, -0.25) is 4.79 Å². The van der Waals surface area contributed by atoms with E-state index in [1.165, 1.54) is 0 Å². The van der Waals surface area contributed by atoms with Crippen LogP contribution in [0, 0.1) is 6.92 Å². The van der Waals surface area contributed by atoms with Gasteiger partial charge in [0.2, 0.25) is 0 Å². The number of carbonyl (C=O) groups is 2. The summed E-state index contributed by atoms with van der Waals surface area (Å²) in [6, 6.07) is 19.9. The quantitative estimate of drug-likeness (QED) is 0.345. The van der Waals surface area contributed by atoms with E-state index in [2.05, 4.69) is 5.32 Å². The number of carboxylic acids is 1. The number of thioether (sulfide) groups is 1. The summed E-state index contributed by atoms with van der Waals surface area (Å²) in [5.74, 6) is -0.793. The average Bonchev–Trinajstić information content (AvgIpc) is 2.83. The molecule has 0 radical (unpaired) electrons. The van der Waals surface area contributed by atoms with Crippen molar-refractivity contribution < 1.29 is 19.4 Å². The van der Waals surface area contributed by atoms with Crippen molar-refractivity contribution in [3.63, 3.8) is 0 Å². The van der Waals surface area contributed by atoms with Crippen LogP contribution in [-0.2, 0) is 22.7 Å². The van der Waals surface area contributed by atoms with E-state index in [0.717, 1.165) is 27.8 Å². The molecule has 0 aliphatic rings. The minimum absolute atomic E-state index is 0. The summed E-state index contributed by atoms with van der Waals surface area (Å²) in [7, 11) is 0. The normalized spacial score (nSPS) is 11.4. The molecule has 180 valence electrons.